The van der Waals surface area contributed by atoms with Gasteiger partial charge in [-0.3, -0.25) is 4.79 Å². The van der Waals surface area contributed by atoms with Crippen molar-refractivity contribution in [3.8, 4) is 5.75 Å². The molecule has 1 aliphatic rings. The van der Waals surface area contributed by atoms with Crippen LogP contribution in [0.15, 0.2) is 47.5 Å². The average Bonchev–Trinajstić information content (AvgIpc) is 3.27. The van der Waals surface area contributed by atoms with Gasteiger partial charge in [0.15, 0.2) is 0 Å². The Morgan fingerprint density at radius 3 is 2.46 bits per heavy atom. The summed E-state index contributed by atoms with van der Waals surface area (Å²) in [5.74, 6) is -0.0376. The number of rotatable bonds is 7. The van der Waals surface area contributed by atoms with Crippen LogP contribution in [0.25, 0.3) is 10.9 Å². The highest BCUT2D eigenvalue weighted by molar-refractivity contribution is 7.89. The Bertz CT molecular complexity index is 1400. The Labute approximate surface area is 232 Å². The average molecular weight is 588 g/mol. The number of methoxy groups -OCH3 is 1. The predicted octanol–water partition coefficient (Wildman–Crippen LogP) is 4.37. The number of fused-ring (bicyclic) bond motifs is 1. The first-order valence-electron chi connectivity index (χ1n) is 11.7. The van der Waals surface area contributed by atoms with Gasteiger partial charge in [-0.2, -0.15) is 0 Å². The number of amides is 1. The number of nitrogens with one attached hydrogen (secondary N) is 1. The van der Waals surface area contributed by atoms with Crippen LogP contribution in [-0.2, 0) is 21.2 Å². The number of benzene rings is 2. The van der Waals surface area contributed by atoms with Crippen molar-refractivity contribution in [1.82, 2.24) is 14.2 Å². The second-order valence-electron chi connectivity index (χ2n) is 9.05. The number of sulfonamides is 1. The van der Waals surface area contributed by atoms with Crippen LogP contribution in [0.5, 0.6) is 5.75 Å². The van der Waals surface area contributed by atoms with Crippen LogP contribution in [0, 0.1) is 6.92 Å². The molecule has 12 heteroatoms. The molecule has 0 aliphatic carbocycles. The highest BCUT2D eigenvalue weighted by atomic mass is 35.6. The summed E-state index contributed by atoms with van der Waals surface area (Å²) in [6, 6.07) is 11.0. The Balaban J connectivity index is 1.50. The summed E-state index contributed by atoms with van der Waals surface area (Å²) in [4.78, 5) is 19.1. The number of likely N-dealkylation sites (N-methyl/N-ethyl adjacent to an activating group) is 1. The van der Waals surface area contributed by atoms with Crippen molar-refractivity contribution in [2.75, 3.05) is 51.8 Å². The number of ether oxygens (including phenoxy) is 1. The zero-order valence-corrected chi connectivity index (χ0v) is 23.9. The third-order valence-electron chi connectivity index (χ3n) is 6.63. The zero-order valence-electron chi connectivity index (χ0n) is 20.8. The van der Waals surface area contributed by atoms with Crippen LogP contribution in [0.4, 0.5) is 5.69 Å². The highest BCUT2D eigenvalue weighted by Gasteiger charge is 2.37. The van der Waals surface area contributed by atoms with Gasteiger partial charge in [-0.1, -0.05) is 46.4 Å². The summed E-state index contributed by atoms with van der Waals surface area (Å²) in [6.45, 7) is 3.88. The van der Waals surface area contributed by atoms with Gasteiger partial charge in [-0.25, -0.2) is 12.7 Å². The summed E-state index contributed by atoms with van der Waals surface area (Å²) in [7, 11) is -0.643. The molecule has 8 nitrogen and oxygen atoms in total. The van der Waals surface area contributed by atoms with E-state index in [0.717, 1.165) is 22.0 Å². The van der Waals surface area contributed by atoms with E-state index >= 15 is 0 Å². The van der Waals surface area contributed by atoms with E-state index in [4.69, 9.17) is 39.5 Å². The van der Waals surface area contributed by atoms with E-state index in [1.807, 2.05) is 30.2 Å². The van der Waals surface area contributed by atoms with E-state index < -0.39 is 19.7 Å². The second-order valence-corrected chi connectivity index (χ2v) is 13.4. The first-order valence-corrected chi connectivity index (χ1v) is 14.3. The molecule has 1 N–H and O–H groups in total. The zero-order chi connectivity index (χ0) is 27.0. The van der Waals surface area contributed by atoms with E-state index in [1.165, 1.54) is 16.3 Å². The van der Waals surface area contributed by atoms with Crippen molar-refractivity contribution in [3.63, 3.8) is 0 Å². The molecule has 0 bridgehead atoms. The lowest BCUT2D eigenvalue weighted by molar-refractivity contribution is -0.130. The number of anilines is 1. The molecule has 37 heavy (non-hydrogen) atoms. The molecule has 0 spiro atoms. The Morgan fingerprint density at radius 2 is 1.81 bits per heavy atom. The molecule has 2 heterocycles. The van der Waals surface area contributed by atoms with Crippen molar-refractivity contribution >= 4 is 67.3 Å². The number of aryl methyl sites for hydroxylation is 1. The SMILES string of the molecule is COc1ccc(S(=O)(=O)N(C)CCc2c[nH]c3ccc(C)cc23)cc1N1CCN(C(=O)C(Cl)(Cl)Cl)CC1. The number of aromatic nitrogens is 1. The number of hydrogen-bond donors (Lipinski definition) is 1. The van der Waals surface area contributed by atoms with E-state index in [9.17, 15) is 13.2 Å². The van der Waals surface area contributed by atoms with Gasteiger partial charge in [-0.15, -0.1) is 0 Å². The molecule has 1 fully saturated rings. The van der Waals surface area contributed by atoms with E-state index in [0.29, 0.717) is 50.6 Å². The van der Waals surface area contributed by atoms with Crippen molar-refractivity contribution in [3.05, 3.63) is 53.7 Å². The number of carbonyl (C=O) groups is 1. The maximum atomic E-state index is 13.5. The van der Waals surface area contributed by atoms with E-state index in [-0.39, 0.29) is 4.90 Å². The van der Waals surface area contributed by atoms with Gasteiger partial charge in [0.2, 0.25) is 10.0 Å². The van der Waals surface area contributed by atoms with Crippen LogP contribution in [0.3, 0.4) is 0 Å². The number of piperazine rings is 1. The largest absolute Gasteiger partial charge is 0.495 e. The molecule has 4 rings (SSSR count). The lowest BCUT2D eigenvalue weighted by Crippen LogP contribution is -2.51. The number of aromatic amines is 1. The minimum absolute atomic E-state index is 0.167. The number of H-pyrrole nitrogens is 1. The van der Waals surface area contributed by atoms with Crippen molar-refractivity contribution in [2.45, 2.75) is 22.0 Å². The first-order chi connectivity index (χ1) is 17.4. The fourth-order valence-corrected chi connectivity index (χ4v) is 6.03. The molecular weight excluding hydrogens is 559 g/mol. The Kier molecular flexibility index (Phi) is 8.21. The normalized spacial score (nSPS) is 15.0. The van der Waals surface area contributed by atoms with E-state index in [2.05, 4.69) is 11.1 Å². The molecule has 1 saturated heterocycles. The summed E-state index contributed by atoms with van der Waals surface area (Å²) < 4.78 is 31.8. The lowest BCUT2D eigenvalue weighted by Gasteiger charge is -2.37. The maximum absolute atomic E-state index is 13.5. The molecular formula is C25H29Cl3N4O4S. The van der Waals surface area contributed by atoms with Crippen LogP contribution in [0.2, 0.25) is 0 Å². The van der Waals surface area contributed by atoms with Crippen LogP contribution >= 0.6 is 34.8 Å². The highest BCUT2D eigenvalue weighted by Crippen LogP contribution is 2.34. The third kappa shape index (κ3) is 5.96. The Hall–Kier alpha value is -2.17. The fraction of sp³-hybridized carbons (Fsp3) is 0.400. The second kappa shape index (κ2) is 10.9. The number of hydrogen-bond acceptors (Lipinski definition) is 5. The first kappa shape index (κ1) is 27.9. The summed E-state index contributed by atoms with van der Waals surface area (Å²) >= 11 is 17.2. The van der Waals surface area contributed by atoms with Gasteiger partial charge < -0.3 is 19.5 Å². The predicted molar refractivity (Wildman–Crippen MR) is 149 cm³/mol. The van der Waals surface area contributed by atoms with Gasteiger partial charge in [0, 0.05) is 56.9 Å². The summed E-state index contributed by atoms with van der Waals surface area (Å²) in [6.07, 6.45) is 2.50. The fourth-order valence-electron chi connectivity index (χ4n) is 4.48. The molecule has 0 saturated carbocycles. The van der Waals surface area contributed by atoms with Crippen molar-refractivity contribution in [2.24, 2.45) is 0 Å². The van der Waals surface area contributed by atoms with Crippen molar-refractivity contribution in [1.29, 1.82) is 0 Å². The van der Waals surface area contributed by atoms with Crippen LogP contribution < -0.4 is 9.64 Å². The maximum Gasteiger partial charge on any atom is 0.274 e. The minimum atomic E-state index is -3.76. The molecule has 1 amide bonds. The minimum Gasteiger partial charge on any atom is -0.495 e. The van der Waals surface area contributed by atoms with Crippen LogP contribution in [0.1, 0.15) is 11.1 Å². The van der Waals surface area contributed by atoms with Gasteiger partial charge in [0.25, 0.3) is 9.70 Å². The molecule has 1 aliphatic heterocycles. The van der Waals surface area contributed by atoms with E-state index in [1.54, 1.807) is 25.2 Å². The number of nitrogens with zero attached hydrogens (tertiary/aromatic N) is 3. The summed E-state index contributed by atoms with van der Waals surface area (Å²) in [5.41, 5.74) is 3.88. The molecule has 0 radical (unpaired) electrons. The monoisotopic (exact) mass is 586 g/mol. The van der Waals surface area contributed by atoms with Crippen LogP contribution in [-0.4, -0.2) is 79.2 Å². The smallest absolute Gasteiger partial charge is 0.274 e. The number of carbonyl (C=O) groups excluding carboxylic acids is 1. The topological polar surface area (TPSA) is 85.9 Å². The molecule has 1 aromatic heterocycles. The summed E-state index contributed by atoms with van der Waals surface area (Å²) in [5, 5.41) is 1.10. The molecule has 2 aromatic carbocycles. The molecule has 0 atom stereocenters. The van der Waals surface area contributed by atoms with Gasteiger partial charge >= 0.3 is 0 Å². The Morgan fingerprint density at radius 1 is 1.11 bits per heavy atom. The molecule has 200 valence electrons. The lowest BCUT2D eigenvalue weighted by atomic mass is 10.1. The third-order valence-corrected chi connectivity index (χ3v) is 8.97. The molecule has 0 unspecified atom stereocenters. The number of halogens is 3. The number of alkyl halides is 3. The standard InChI is InChI=1S/C25H29Cl3N4O4S/c1-17-4-6-21-20(14-17)18(16-29-21)8-9-30(2)37(34,35)19-5-7-23(36-3)22(15-19)31-10-12-32(13-11-31)24(33)25(26,27)28/h4-7,14-16,29H,8-13H2,1-3H3. The molecule has 3 aromatic rings. The van der Waals surface area contributed by atoms with Crippen molar-refractivity contribution < 1.29 is 17.9 Å². The quantitative estimate of drug-likeness (QED) is 0.415. The van der Waals surface area contributed by atoms with Gasteiger partial charge in [0.05, 0.1) is 17.7 Å². The van der Waals surface area contributed by atoms with Gasteiger partial charge in [-0.05, 0) is 49.2 Å². The van der Waals surface area contributed by atoms with Gasteiger partial charge in [0.1, 0.15) is 5.75 Å².